The Labute approximate surface area is 127 Å². The van der Waals surface area contributed by atoms with Gasteiger partial charge >= 0.3 is 6.03 Å². The molecule has 0 aromatic heterocycles. The van der Waals surface area contributed by atoms with Crippen LogP contribution in [-0.2, 0) is 0 Å². The number of piperidine rings is 2. The molecule has 21 heavy (non-hydrogen) atoms. The molecule has 2 amide bonds. The largest absolute Gasteiger partial charge is 0.336 e. The topological polar surface area (TPSA) is 59.4 Å². The van der Waals surface area contributed by atoms with E-state index in [4.69, 9.17) is 0 Å². The molecule has 3 aliphatic rings. The third-order valence-corrected chi connectivity index (χ3v) is 5.66. The molecule has 1 saturated carbocycles. The van der Waals surface area contributed by atoms with E-state index < -0.39 is 0 Å². The number of hydrogen-bond acceptors (Lipinski definition) is 3. The average Bonchev–Trinajstić information content (AvgIpc) is 2.45. The minimum atomic E-state index is -0.280. The van der Waals surface area contributed by atoms with Crippen molar-refractivity contribution < 1.29 is 4.79 Å². The molecule has 0 bridgehead atoms. The van der Waals surface area contributed by atoms with Crippen molar-refractivity contribution in [2.24, 2.45) is 11.3 Å². The maximum Gasteiger partial charge on any atom is 0.317 e. The summed E-state index contributed by atoms with van der Waals surface area (Å²) in [5.41, 5.74) is -0.280. The predicted octanol–water partition coefficient (Wildman–Crippen LogP) is 1.81. The van der Waals surface area contributed by atoms with Gasteiger partial charge in [0, 0.05) is 25.7 Å². The molecule has 1 aliphatic carbocycles. The van der Waals surface area contributed by atoms with Crippen molar-refractivity contribution in [1.29, 1.82) is 5.26 Å². The highest BCUT2D eigenvalue weighted by Crippen LogP contribution is 2.39. The molecule has 5 heteroatoms. The van der Waals surface area contributed by atoms with Crippen molar-refractivity contribution >= 4 is 6.03 Å². The van der Waals surface area contributed by atoms with Gasteiger partial charge in [0.25, 0.3) is 0 Å². The van der Waals surface area contributed by atoms with Crippen LogP contribution in [0.1, 0.15) is 38.5 Å². The van der Waals surface area contributed by atoms with Crippen LogP contribution in [0.3, 0.4) is 0 Å². The fraction of sp³-hybridized carbons (Fsp3) is 0.875. The van der Waals surface area contributed by atoms with Gasteiger partial charge in [-0.2, -0.15) is 5.26 Å². The number of likely N-dealkylation sites (tertiary alicyclic amines) is 2. The van der Waals surface area contributed by atoms with E-state index in [0.29, 0.717) is 18.5 Å². The molecule has 2 aliphatic heterocycles. The number of nitriles is 1. The van der Waals surface area contributed by atoms with Gasteiger partial charge in [-0.15, -0.1) is 0 Å². The van der Waals surface area contributed by atoms with Crippen LogP contribution in [0.15, 0.2) is 0 Å². The first-order valence-corrected chi connectivity index (χ1v) is 8.28. The van der Waals surface area contributed by atoms with Gasteiger partial charge in [0.05, 0.1) is 11.5 Å². The highest BCUT2D eigenvalue weighted by atomic mass is 16.2. The number of nitrogens with one attached hydrogen (secondary N) is 1. The number of carbonyl (C=O) groups excluding carboxylic acids is 1. The molecule has 2 atom stereocenters. The summed E-state index contributed by atoms with van der Waals surface area (Å²) in [7, 11) is 2.17. The van der Waals surface area contributed by atoms with E-state index in [1.165, 1.54) is 6.42 Å². The molecule has 2 unspecified atom stereocenters. The first-order valence-electron chi connectivity index (χ1n) is 8.28. The van der Waals surface area contributed by atoms with Crippen molar-refractivity contribution in [3.05, 3.63) is 0 Å². The van der Waals surface area contributed by atoms with E-state index >= 15 is 0 Å². The Balaban J connectivity index is 1.57. The summed E-state index contributed by atoms with van der Waals surface area (Å²) in [6.07, 6.45) is 6.40. The second-order valence-corrected chi connectivity index (χ2v) is 7.12. The molecular weight excluding hydrogens is 264 g/mol. The van der Waals surface area contributed by atoms with Gasteiger partial charge in [-0.3, -0.25) is 0 Å². The van der Waals surface area contributed by atoms with Crippen LogP contribution in [0.2, 0.25) is 0 Å². The lowest BCUT2D eigenvalue weighted by Gasteiger charge is -2.46. The number of hydrogen-bond donors (Lipinski definition) is 1. The summed E-state index contributed by atoms with van der Waals surface area (Å²) in [6, 6.07) is 2.84. The number of amides is 2. The molecule has 0 radical (unpaired) electrons. The Morgan fingerprint density at radius 2 is 2.14 bits per heavy atom. The lowest BCUT2D eigenvalue weighted by Crippen LogP contribution is -2.58. The summed E-state index contributed by atoms with van der Waals surface area (Å²) in [4.78, 5) is 17.0. The zero-order valence-electron chi connectivity index (χ0n) is 13.0. The van der Waals surface area contributed by atoms with Crippen LogP contribution < -0.4 is 5.32 Å². The smallest absolute Gasteiger partial charge is 0.317 e. The van der Waals surface area contributed by atoms with Crippen molar-refractivity contribution in [3.63, 3.8) is 0 Å². The summed E-state index contributed by atoms with van der Waals surface area (Å²) < 4.78 is 0. The van der Waals surface area contributed by atoms with Gasteiger partial charge in [-0.1, -0.05) is 6.42 Å². The van der Waals surface area contributed by atoms with E-state index in [1.54, 1.807) is 0 Å². The van der Waals surface area contributed by atoms with Crippen LogP contribution in [0.5, 0.6) is 0 Å². The molecule has 2 heterocycles. The third-order valence-electron chi connectivity index (χ3n) is 5.66. The quantitative estimate of drug-likeness (QED) is 0.843. The Morgan fingerprint density at radius 3 is 2.81 bits per heavy atom. The van der Waals surface area contributed by atoms with Crippen molar-refractivity contribution in [3.8, 4) is 6.07 Å². The Kier molecular flexibility index (Phi) is 4.08. The molecule has 3 rings (SSSR count). The van der Waals surface area contributed by atoms with Gasteiger partial charge < -0.3 is 15.1 Å². The fourth-order valence-corrected chi connectivity index (χ4v) is 4.12. The van der Waals surface area contributed by atoms with Crippen LogP contribution in [-0.4, -0.2) is 55.1 Å². The first kappa shape index (κ1) is 14.6. The minimum Gasteiger partial charge on any atom is -0.336 e. The van der Waals surface area contributed by atoms with Crippen LogP contribution in [0.4, 0.5) is 4.79 Å². The fourth-order valence-electron chi connectivity index (χ4n) is 4.12. The van der Waals surface area contributed by atoms with E-state index in [2.05, 4.69) is 23.3 Å². The summed E-state index contributed by atoms with van der Waals surface area (Å²) in [5, 5.41) is 12.3. The van der Waals surface area contributed by atoms with Crippen LogP contribution in [0.25, 0.3) is 0 Å². The molecule has 0 spiro atoms. The molecule has 116 valence electrons. The monoisotopic (exact) mass is 290 g/mol. The second kappa shape index (κ2) is 5.84. The summed E-state index contributed by atoms with van der Waals surface area (Å²) in [5.74, 6) is 0.622. The van der Waals surface area contributed by atoms with E-state index in [1.807, 2.05) is 4.90 Å². The third kappa shape index (κ3) is 2.87. The van der Waals surface area contributed by atoms with Gasteiger partial charge in [0.2, 0.25) is 0 Å². The number of nitrogens with zero attached hydrogens (tertiary/aromatic N) is 3. The van der Waals surface area contributed by atoms with E-state index in [9.17, 15) is 10.1 Å². The van der Waals surface area contributed by atoms with Crippen molar-refractivity contribution in [2.45, 2.75) is 44.6 Å². The van der Waals surface area contributed by atoms with Crippen LogP contribution in [0, 0.1) is 22.7 Å². The molecule has 5 nitrogen and oxygen atoms in total. The number of urea groups is 1. The first-order chi connectivity index (χ1) is 10.1. The number of rotatable bonds is 2. The maximum absolute atomic E-state index is 12.5. The van der Waals surface area contributed by atoms with Crippen molar-refractivity contribution in [1.82, 2.24) is 15.1 Å². The average molecular weight is 290 g/mol. The second-order valence-electron chi connectivity index (χ2n) is 7.12. The zero-order chi connectivity index (χ0) is 14.9. The SMILES string of the molecule is CN1CCC2C(CCCN2C(=O)NCC2(C#N)CCC2)C1. The lowest BCUT2D eigenvalue weighted by molar-refractivity contribution is 0.0518. The highest BCUT2D eigenvalue weighted by Gasteiger charge is 2.40. The molecule has 1 N–H and O–H groups in total. The summed E-state index contributed by atoms with van der Waals surface area (Å²) in [6.45, 7) is 3.58. The zero-order valence-corrected chi connectivity index (χ0v) is 13.0. The summed E-state index contributed by atoms with van der Waals surface area (Å²) >= 11 is 0. The Morgan fingerprint density at radius 1 is 1.33 bits per heavy atom. The minimum absolute atomic E-state index is 0.0516. The molecule has 0 aromatic rings. The predicted molar refractivity (Wildman–Crippen MR) is 80.6 cm³/mol. The standard InChI is InChI=1S/C16H26N4O/c1-19-9-5-14-13(10-19)4-2-8-20(14)15(21)18-12-16(11-17)6-3-7-16/h13-14H,2-10,12H2,1H3,(H,18,21). The molecule has 3 fully saturated rings. The van der Waals surface area contributed by atoms with Crippen LogP contribution >= 0.6 is 0 Å². The van der Waals surface area contributed by atoms with E-state index in [0.717, 1.165) is 51.7 Å². The van der Waals surface area contributed by atoms with Gasteiger partial charge in [-0.05, 0) is 51.6 Å². The van der Waals surface area contributed by atoms with Crippen molar-refractivity contribution in [2.75, 3.05) is 33.2 Å². The van der Waals surface area contributed by atoms with Gasteiger partial charge in [0.1, 0.15) is 0 Å². The lowest BCUT2D eigenvalue weighted by atomic mass is 9.70. The van der Waals surface area contributed by atoms with Gasteiger partial charge in [-0.25, -0.2) is 4.79 Å². The number of carbonyl (C=O) groups is 1. The Hall–Kier alpha value is -1.28. The number of fused-ring (bicyclic) bond motifs is 1. The Bertz CT molecular complexity index is 440. The van der Waals surface area contributed by atoms with E-state index in [-0.39, 0.29) is 11.4 Å². The normalized spacial score (nSPS) is 31.7. The highest BCUT2D eigenvalue weighted by molar-refractivity contribution is 5.74. The maximum atomic E-state index is 12.5. The molecular formula is C16H26N4O. The molecule has 0 aromatic carbocycles. The van der Waals surface area contributed by atoms with Gasteiger partial charge in [0.15, 0.2) is 0 Å². The molecule has 2 saturated heterocycles.